The number of hydrogen-bond donors (Lipinski definition) is 2. The Balaban J connectivity index is 1.41. The van der Waals surface area contributed by atoms with Gasteiger partial charge >= 0.3 is 0 Å². The zero-order chi connectivity index (χ0) is 24.1. The molecule has 1 aliphatic rings. The summed E-state index contributed by atoms with van der Waals surface area (Å²) in [6, 6.07) is 8.97. The molecule has 2 N–H and O–H groups in total. The fraction of sp³-hybridized carbons (Fsp3) is 0.375. The van der Waals surface area contributed by atoms with Crippen molar-refractivity contribution in [1.82, 2.24) is 19.7 Å². The molecule has 2 amide bonds. The smallest absolute Gasteiger partial charge is 0.224 e. The first-order chi connectivity index (χ1) is 16.4. The van der Waals surface area contributed by atoms with Gasteiger partial charge in [0, 0.05) is 49.6 Å². The van der Waals surface area contributed by atoms with Crippen molar-refractivity contribution in [3.05, 3.63) is 53.6 Å². The van der Waals surface area contributed by atoms with Crippen molar-refractivity contribution in [2.75, 3.05) is 41.8 Å². The first-order valence-corrected chi connectivity index (χ1v) is 11.3. The monoisotopic (exact) mass is 463 g/mol. The summed E-state index contributed by atoms with van der Waals surface area (Å²) in [5.74, 6) is 1.33. The Labute approximate surface area is 198 Å². The van der Waals surface area contributed by atoms with Gasteiger partial charge in [-0.3, -0.25) is 9.59 Å². The lowest BCUT2D eigenvalue weighted by atomic mass is 10.1. The van der Waals surface area contributed by atoms with Gasteiger partial charge in [-0.15, -0.1) is 0 Å². The third-order valence-corrected chi connectivity index (χ3v) is 5.72. The van der Waals surface area contributed by atoms with Crippen molar-refractivity contribution < 1.29 is 14.3 Å². The van der Waals surface area contributed by atoms with E-state index in [0.29, 0.717) is 43.2 Å². The lowest BCUT2D eigenvalue weighted by molar-refractivity contribution is -0.116. The molecule has 0 aliphatic carbocycles. The Morgan fingerprint density at radius 3 is 2.32 bits per heavy atom. The summed E-state index contributed by atoms with van der Waals surface area (Å²) in [5.41, 5.74) is 4.22. The maximum atomic E-state index is 12.5. The summed E-state index contributed by atoms with van der Waals surface area (Å²) in [4.78, 5) is 34.7. The van der Waals surface area contributed by atoms with E-state index in [-0.39, 0.29) is 11.8 Å². The molecule has 10 nitrogen and oxygen atoms in total. The van der Waals surface area contributed by atoms with Crippen molar-refractivity contribution in [2.45, 2.75) is 33.6 Å². The Kier molecular flexibility index (Phi) is 7.17. The average molecular weight is 464 g/mol. The first kappa shape index (κ1) is 23.4. The van der Waals surface area contributed by atoms with E-state index in [0.717, 1.165) is 35.9 Å². The third-order valence-electron chi connectivity index (χ3n) is 5.72. The van der Waals surface area contributed by atoms with Gasteiger partial charge in [0.05, 0.1) is 18.9 Å². The highest BCUT2D eigenvalue weighted by Gasteiger charge is 2.18. The van der Waals surface area contributed by atoms with Gasteiger partial charge < -0.3 is 20.3 Å². The maximum absolute atomic E-state index is 12.5. The summed E-state index contributed by atoms with van der Waals surface area (Å²) in [5, 5.41) is 10.3. The summed E-state index contributed by atoms with van der Waals surface area (Å²) < 4.78 is 7.24. The predicted octanol–water partition coefficient (Wildman–Crippen LogP) is 2.65. The number of amides is 2. The van der Waals surface area contributed by atoms with E-state index in [1.54, 1.807) is 30.6 Å². The number of benzene rings is 1. The molecule has 0 atom stereocenters. The van der Waals surface area contributed by atoms with Gasteiger partial charge in [-0.05, 0) is 50.1 Å². The molecule has 2 aromatic heterocycles. The molecule has 1 aromatic carbocycles. The van der Waals surface area contributed by atoms with Crippen LogP contribution in [0.15, 0.2) is 36.7 Å². The van der Waals surface area contributed by atoms with Crippen LogP contribution in [0.1, 0.15) is 30.3 Å². The van der Waals surface area contributed by atoms with Gasteiger partial charge in [-0.1, -0.05) is 0 Å². The second-order valence-electron chi connectivity index (χ2n) is 8.20. The fourth-order valence-corrected chi connectivity index (χ4v) is 3.98. The van der Waals surface area contributed by atoms with Gasteiger partial charge in [0.2, 0.25) is 11.8 Å². The molecule has 0 saturated carbocycles. The Hall–Kier alpha value is -3.79. The summed E-state index contributed by atoms with van der Waals surface area (Å²) in [6.07, 6.45) is 2.44. The van der Waals surface area contributed by atoms with Crippen LogP contribution >= 0.6 is 0 Å². The highest BCUT2D eigenvalue weighted by Crippen LogP contribution is 2.21. The normalized spacial score (nSPS) is 13.6. The van der Waals surface area contributed by atoms with E-state index in [1.807, 2.05) is 24.6 Å². The lowest BCUT2D eigenvalue weighted by Gasteiger charge is -2.27. The van der Waals surface area contributed by atoms with E-state index in [4.69, 9.17) is 4.74 Å². The molecule has 3 aromatic rings. The molecule has 1 saturated heterocycles. The number of rotatable bonds is 7. The second kappa shape index (κ2) is 10.4. The number of carbonyl (C=O) groups is 2. The summed E-state index contributed by atoms with van der Waals surface area (Å²) in [7, 11) is 0. The zero-order valence-electron chi connectivity index (χ0n) is 19.7. The quantitative estimate of drug-likeness (QED) is 0.554. The Morgan fingerprint density at radius 1 is 1.00 bits per heavy atom. The fourth-order valence-electron chi connectivity index (χ4n) is 3.98. The van der Waals surface area contributed by atoms with Crippen LogP contribution in [0.5, 0.6) is 0 Å². The molecular weight excluding hydrogens is 434 g/mol. The number of nitrogens with zero attached hydrogens (tertiary/aromatic N) is 5. The average Bonchev–Trinajstić information content (AvgIpc) is 3.12. The zero-order valence-corrected chi connectivity index (χ0v) is 19.7. The van der Waals surface area contributed by atoms with Crippen LogP contribution < -0.4 is 15.5 Å². The highest BCUT2D eigenvalue weighted by molar-refractivity contribution is 5.92. The topological polar surface area (TPSA) is 114 Å². The van der Waals surface area contributed by atoms with Gasteiger partial charge in [-0.25, -0.2) is 14.6 Å². The van der Waals surface area contributed by atoms with Crippen molar-refractivity contribution in [3.63, 3.8) is 0 Å². The summed E-state index contributed by atoms with van der Waals surface area (Å²) >= 11 is 0. The van der Waals surface area contributed by atoms with Crippen LogP contribution in [0.3, 0.4) is 0 Å². The maximum Gasteiger partial charge on any atom is 0.224 e. The van der Waals surface area contributed by atoms with Crippen molar-refractivity contribution in [2.24, 2.45) is 0 Å². The molecule has 3 heterocycles. The van der Waals surface area contributed by atoms with Crippen LogP contribution in [-0.2, 0) is 20.7 Å². The Morgan fingerprint density at radius 2 is 1.65 bits per heavy atom. The molecule has 0 unspecified atom stereocenters. The van der Waals surface area contributed by atoms with Gasteiger partial charge in [0.1, 0.15) is 12.1 Å². The number of morpholine rings is 1. The van der Waals surface area contributed by atoms with Gasteiger partial charge in [-0.2, -0.15) is 5.10 Å². The van der Waals surface area contributed by atoms with E-state index in [2.05, 4.69) is 30.6 Å². The highest BCUT2D eigenvalue weighted by atomic mass is 16.5. The van der Waals surface area contributed by atoms with Crippen molar-refractivity contribution in [3.8, 4) is 5.82 Å². The molecule has 0 bridgehead atoms. The number of ether oxygens (including phenoxy) is 1. The minimum Gasteiger partial charge on any atom is -0.378 e. The molecule has 10 heteroatoms. The number of aromatic nitrogens is 4. The van der Waals surface area contributed by atoms with Crippen LogP contribution in [0.4, 0.5) is 17.2 Å². The number of nitrogens with one attached hydrogen (secondary N) is 2. The molecule has 34 heavy (non-hydrogen) atoms. The van der Waals surface area contributed by atoms with Crippen LogP contribution in [0.25, 0.3) is 5.82 Å². The SMILES string of the molecule is CC(=O)Nc1ccc(NC(=O)CCc2c(C)nn(-c3cc(N4CCOCC4)ncn3)c2C)cc1. The number of hydrogen-bond acceptors (Lipinski definition) is 7. The molecule has 0 radical (unpaired) electrons. The van der Waals surface area contributed by atoms with Gasteiger partial charge in [0.25, 0.3) is 0 Å². The minimum absolute atomic E-state index is 0.0875. The van der Waals surface area contributed by atoms with Crippen molar-refractivity contribution in [1.29, 1.82) is 0 Å². The van der Waals surface area contributed by atoms with E-state index in [9.17, 15) is 9.59 Å². The largest absolute Gasteiger partial charge is 0.378 e. The first-order valence-electron chi connectivity index (χ1n) is 11.3. The standard InChI is InChI=1S/C24H29N7O3/c1-16-21(8-9-24(33)28-20-6-4-19(5-7-20)27-18(3)32)17(2)31(29-16)23-14-22(25-15-26-23)30-10-12-34-13-11-30/h4-7,14-15H,8-13H2,1-3H3,(H,27,32)(H,28,33). The summed E-state index contributed by atoms with van der Waals surface area (Å²) in [6.45, 7) is 8.35. The molecule has 1 fully saturated rings. The number of anilines is 3. The van der Waals surface area contributed by atoms with E-state index >= 15 is 0 Å². The number of aryl methyl sites for hydroxylation is 1. The number of carbonyl (C=O) groups excluding carboxylic acids is 2. The predicted molar refractivity (Wildman–Crippen MR) is 129 cm³/mol. The van der Waals surface area contributed by atoms with Crippen LogP contribution in [-0.4, -0.2) is 57.9 Å². The minimum atomic E-state index is -0.137. The van der Waals surface area contributed by atoms with Crippen LogP contribution in [0, 0.1) is 13.8 Å². The van der Waals surface area contributed by atoms with Gasteiger partial charge in [0.15, 0.2) is 5.82 Å². The van der Waals surface area contributed by atoms with E-state index in [1.165, 1.54) is 6.92 Å². The van der Waals surface area contributed by atoms with E-state index < -0.39 is 0 Å². The van der Waals surface area contributed by atoms with Crippen molar-refractivity contribution >= 4 is 29.0 Å². The molecule has 4 rings (SSSR count). The molecule has 0 spiro atoms. The molecule has 178 valence electrons. The second-order valence-corrected chi connectivity index (χ2v) is 8.20. The van der Waals surface area contributed by atoms with Crippen LogP contribution in [0.2, 0.25) is 0 Å². The molecular formula is C24H29N7O3. The lowest BCUT2D eigenvalue weighted by Crippen LogP contribution is -2.36. The Bertz CT molecular complexity index is 1170. The molecule has 1 aliphatic heterocycles. The third kappa shape index (κ3) is 5.57.